The monoisotopic (exact) mass is 387 g/mol. The second-order valence-electron chi connectivity index (χ2n) is 6.84. The normalized spacial score (nSPS) is 18.2. The van der Waals surface area contributed by atoms with Crippen LogP contribution >= 0.6 is 0 Å². The van der Waals surface area contributed by atoms with E-state index < -0.39 is 10.0 Å². The molecule has 0 aromatic heterocycles. The molecule has 2 aromatic carbocycles. The summed E-state index contributed by atoms with van der Waals surface area (Å²) in [6, 6.07) is 16.6. The summed E-state index contributed by atoms with van der Waals surface area (Å²) in [5, 5.41) is 0. The Bertz CT molecular complexity index is 863. The quantitative estimate of drug-likeness (QED) is 0.685. The average molecular weight is 388 g/mol. The van der Waals surface area contributed by atoms with E-state index in [-0.39, 0.29) is 24.0 Å². The second kappa shape index (κ2) is 8.67. The summed E-state index contributed by atoms with van der Waals surface area (Å²) in [6.07, 6.45) is 1.91. The number of nitrogens with zero attached hydrogens (tertiary/aromatic N) is 1. The van der Waals surface area contributed by atoms with Gasteiger partial charge in [0.2, 0.25) is 10.0 Å². The number of hydrogen-bond donors (Lipinski definition) is 0. The van der Waals surface area contributed by atoms with Crippen LogP contribution in [0.25, 0.3) is 0 Å². The van der Waals surface area contributed by atoms with Gasteiger partial charge < -0.3 is 4.74 Å². The fraction of sp³-hybridized carbons (Fsp3) is 0.381. The maximum atomic E-state index is 12.8. The molecule has 0 N–H and O–H groups in total. The Morgan fingerprint density at radius 1 is 1.11 bits per heavy atom. The van der Waals surface area contributed by atoms with Gasteiger partial charge in [-0.2, -0.15) is 0 Å². The highest BCUT2D eigenvalue weighted by molar-refractivity contribution is 7.89. The molecule has 27 heavy (non-hydrogen) atoms. The van der Waals surface area contributed by atoms with Crippen LogP contribution in [0.1, 0.15) is 28.8 Å². The SMILES string of the molecule is COc1ccc(C(=O)C2CCCN(S(=O)(=O)CCc3ccccc3)C2)cc1. The predicted molar refractivity (Wildman–Crippen MR) is 106 cm³/mol. The number of ether oxygens (including phenoxy) is 1. The maximum Gasteiger partial charge on any atom is 0.214 e. The van der Waals surface area contributed by atoms with Crippen molar-refractivity contribution in [3.05, 3.63) is 65.7 Å². The standard InChI is InChI=1S/C21H25NO4S/c1-26-20-11-9-18(10-12-20)21(23)19-8-5-14-22(16-19)27(24,25)15-13-17-6-3-2-4-7-17/h2-4,6-7,9-12,19H,5,8,13-16H2,1H3. The zero-order chi connectivity index (χ0) is 19.3. The molecule has 0 spiro atoms. The van der Waals surface area contributed by atoms with Crippen LogP contribution in [-0.4, -0.2) is 44.5 Å². The number of ketones is 1. The highest BCUT2D eigenvalue weighted by Gasteiger charge is 2.32. The Kier molecular flexibility index (Phi) is 6.29. The van der Waals surface area contributed by atoms with Gasteiger partial charge in [0.05, 0.1) is 12.9 Å². The molecule has 0 bridgehead atoms. The zero-order valence-electron chi connectivity index (χ0n) is 15.5. The minimum absolute atomic E-state index is 0.000567. The third-order valence-electron chi connectivity index (χ3n) is 5.01. The molecule has 2 aromatic rings. The van der Waals surface area contributed by atoms with Crippen LogP contribution in [0.2, 0.25) is 0 Å². The molecule has 0 amide bonds. The Morgan fingerprint density at radius 3 is 2.48 bits per heavy atom. The number of aryl methyl sites for hydroxylation is 1. The van der Waals surface area contributed by atoms with Crippen LogP contribution in [-0.2, 0) is 16.4 Å². The minimum Gasteiger partial charge on any atom is -0.497 e. The van der Waals surface area contributed by atoms with E-state index in [1.165, 1.54) is 4.31 Å². The summed E-state index contributed by atoms with van der Waals surface area (Å²) < 4.78 is 32.1. The van der Waals surface area contributed by atoms with Crippen molar-refractivity contribution >= 4 is 15.8 Å². The van der Waals surface area contributed by atoms with Crippen molar-refractivity contribution in [3.63, 3.8) is 0 Å². The van der Waals surface area contributed by atoms with Gasteiger partial charge in [-0.05, 0) is 49.1 Å². The van der Waals surface area contributed by atoms with Gasteiger partial charge in [0.25, 0.3) is 0 Å². The first-order valence-corrected chi connectivity index (χ1v) is 10.8. The minimum atomic E-state index is -3.38. The van der Waals surface area contributed by atoms with Gasteiger partial charge in [-0.15, -0.1) is 0 Å². The van der Waals surface area contributed by atoms with Crippen molar-refractivity contribution in [1.82, 2.24) is 4.31 Å². The van der Waals surface area contributed by atoms with Gasteiger partial charge in [0.1, 0.15) is 5.75 Å². The Hall–Kier alpha value is -2.18. The van der Waals surface area contributed by atoms with E-state index in [0.29, 0.717) is 30.7 Å². The molecule has 6 heteroatoms. The van der Waals surface area contributed by atoms with Crippen molar-refractivity contribution in [2.45, 2.75) is 19.3 Å². The first kappa shape index (κ1) is 19.6. The van der Waals surface area contributed by atoms with Crippen molar-refractivity contribution in [1.29, 1.82) is 0 Å². The first-order valence-electron chi connectivity index (χ1n) is 9.19. The number of piperidine rings is 1. The topological polar surface area (TPSA) is 63.7 Å². The summed E-state index contributed by atoms with van der Waals surface area (Å²) in [7, 11) is -1.80. The lowest BCUT2D eigenvalue weighted by molar-refractivity contribution is 0.0872. The molecule has 1 heterocycles. The van der Waals surface area contributed by atoms with Gasteiger partial charge in [-0.1, -0.05) is 30.3 Å². The van der Waals surface area contributed by atoms with Gasteiger partial charge >= 0.3 is 0 Å². The summed E-state index contributed by atoms with van der Waals surface area (Å²) in [6.45, 7) is 0.755. The fourth-order valence-electron chi connectivity index (χ4n) is 3.42. The average Bonchev–Trinajstić information content (AvgIpc) is 2.73. The molecular weight excluding hydrogens is 362 g/mol. The third-order valence-corrected chi connectivity index (χ3v) is 6.85. The number of benzene rings is 2. The Morgan fingerprint density at radius 2 is 1.81 bits per heavy atom. The van der Waals surface area contributed by atoms with Crippen molar-refractivity contribution < 1.29 is 17.9 Å². The van der Waals surface area contributed by atoms with Crippen LogP contribution in [0, 0.1) is 5.92 Å². The van der Waals surface area contributed by atoms with Crippen LogP contribution < -0.4 is 4.74 Å². The van der Waals surface area contributed by atoms with E-state index in [0.717, 1.165) is 12.0 Å². The number of methoxy groups -OCH3 is 1. The molecule has 0 radical (unpaired) electrons. The number of sulfonamides is 1. The number of carbonyl (C=O) groups is 1. The van der Waals surface area contributed by atoms with Gasteiger partial charge in [-0.25, -0.2) is 12.7 Å². The number of hydrogen-bond acceptors (Lipinski definition) is 4. The molecule has 1 aliphatic heterocycles. The highest BCUT2D eigenvalue weighted by atomic mass is 32.2. The second-order valence-corrected chi connectivity index (χ2v) is 8.93. The van der Waals surface area contributed by atoms with Crippen molar-refractivity contribution in [2.24, 2.45) is 5.92 Å². The Balaban J connectivity index is 1.64. The number of rotatable bonds is 7. The summed E-state index contributed by atoms with van der Waals surface area (Å²) in [5.41, 5.74) is 1.60. The van der Waals surface area contributed by atoms with Crippen LogP contribution in [0.15, 0.2) is 54.6 Å². The van der Waals surface area contributed by atoms with Crippen LogP contribution in [0.4, 0.5) is 0 Å². The van der Waals surface area contributed by atoms with Gasteiger partial charge in [0, 0.05) is 24.6 Å². The molecule has 1 atom stereocenters. The van der Waals surface area contributed by atoms with E-state index in [1.807, 2.05) is 30.3 Å². The summed E-state index contributed by atoms with van der Waals surface area (Å²) in [4.78, 5) is 12.8. The number of Topliss-reactive ketones (excluding diaryl/α,β-unsaturated/α-hetero) is 1. The van der Waals surface area contributed by atoms with Crippen molar-refractivity contribution in [3.8, 4) is 5.75 Å². The predicted octanol–water partition coefficient (Wildman–Crippen LogP) is 3.16. The van der Waals surface area contributed by atoms with E-state index in [4.69, 9.17) is 4.74 Å². The van der Waals surface area contributed by atoms with E-state index in [9.17, 15) is 13.2 Å². The largest absolute Gasteiger partial charge is 0.497 e. The lowest BCUT2D eigenvalue weighted by Gasteiger charge is -2.31. The smallest absolute Gasteiger partial charge is 0.214 e. The summed E-state index contributed by atoms with van der Waals surface area (Å²) >= 11 is 0. The lowest BCUT2D eigenvalue weighted by Crippen LogP contribution is -2.43. The maximum absolute atomic E-state index is 12.8. The Labute approximate surface area is 161 Å². The molecule has 1 unspecified atom stereocenters. The van der Waals surface area contributed by atoms with E-state index in [1.54, 1.807) is 31.4 Å². The first-order chi connectivity index (χ1) is 13.0. The third kappa shape index (κ3) is 4.96. The molecule has 3 rings (SSSR count). The van der Waals surface area contributed by atoms with Crippen LogP contribution in [0.3, 0.4) is 0 Å². The zero-order valence-corrected chi connectivity index (χ0v) is 16.3. The van der Waals surface area contributed by atoms with Crippen LogP contribution in [0.5, 0.6) is 5.75 Å². The molecule has 1 saturated heterocycles. The molecule has 0 aliphatic carbocycles. The highest BCUT2D eigenvalue weighted by Crippen LogP contribution is 2.24. The molecule has 1 fully saturated rings. The molecule has 0 saturated carbocycles. The molecule has 144 valence electrons. The number of carbonyl (C=O) groups excluding carboxylic acids is 1. The fourth-order valence-corrected chi connectivity index (χ4v) is 4.99. The van der Waals surface area contributed by atoms with Gasteiger partial charge in [-0.3, -0.25) is 4.79 Å². The van der Waals surface area contributed by atoms with E-state index >= 15 is 0 Å². The van der Waals surface area contributed by atoms with Crippen molar-refractivity contribution in [2.75, 3.05) is 26.0 Å². The van der Waals surface area contributed by atoms with Gasteiger partial charge in [0.15, 0.2) is 5.78 Å². The summed E-state index contributed by atoms with van der Waals surface area (Å²) in [5.74, 6) is 0.472. The molecular formula is C21H25NO4S. The van der Waals surface area contributed by atoms with E-state index in [2.05, 4.69) is 0 Å². The molecule has 5 nitrogen and oxygen atoms in total. The molecule has 1 aliphatic rings. The lowest BCUT2D eigenvalue weighted by atomic mass is 9.91.